The minimum Gasteiger partial charge on any atom is -0.339 e. The lowest BCUT2D eigenvalue weighted by Gasteiger charge is -2.36. The Bertz CT molecular complexity index is 649. The van der Waals surface area contributed by atoms with E-state index in [2.05, 4.69) is 6.92 Å². The second-order valence-electron chi connectivity index (χ2n) is 8.06. The molecule has 156 valence electrons. The molecule has 2 atom stereocenters. The molecule has 2 aliphatic rings. The van der Waals surface area contributed by atoms with Crippen LogP contribution < -0.4 is 5.73 Å². The van der Waals surface area contributed by atoms with E-state index in [-0.39, 0.29) is 36.3 Å². The summed E-state index contributed by atoms with van der Waals surface area (Å²) in [6.45, 7) is 5.45. The number of hydrogen-bond donors (Lipinski definition) is 1. The van der Waals surface area contributed by atoms with E-state index >= 15 is 0 Å². The summed E-state index contributed by atoms with van der Waals surface area (Å²) in [7, 11) is 1.84. The number of carbonyl (C=O) groups is 2. The van der Waals surface area contributed by atoms with Crippen LogP contribution in [0.15, 0.2) is 30.3 Å². The smallest absolute Gasteiger partial charge is 0.320 e. The summed E-state index contributed by atoms with van der Waals surface area (Å²) in [4.78, 5) is 31.3. The number of benzene rings is 1. The van der Waals surface area contributed by atoms with E-state index in [0.717, 1.165) is 31.4 Å². The van der Waals surface area contributed by atoms with Crippen molar-refractivity contribution >= 4 is 24.3 Å². The van der Waals surface area contributed by atoms with Crippen molar-refractivity contribution in [1.29, 1.82) is 0 Å². The highest BCUT2D eigenvalue weighted by molar-refractivity contribution is 5.85. The van der Waals surface area contributed by atoms with Crippen LogP contribution in [0.3, 0.4) is 0 Å². The third kappa shape index (κ3) is 5.17. The molecule has 0 aliphatic carbocycles. The van der Waals surface area contributed by atoms with Crippen molar-refractivity contribution in [2.24, 2.45) is 17.6 Å². The number of rotatable bonds is 4. The number of amides is 3. The number of urea groups is 1. The lowest BCUT2D eigenvalue weighted by molar-refractivity contribution is -0.137. The van der Waals surface area contributed by atoms with Gasteiger partial charge in [0.1, 0.15) is 0 Å². The van der Waals surface area contributed by atoms with E-state index in [1.54, 1.807) is 4.90 Å². The molecule has 2 saturated heterocycles. The maximum atomic E-state index is 12.9. The maximum absolute atomic E-state index is 12.9. The molecule has 6 nitrogen and oxygen atoms in total. The SMILES string of the molecule is CC1CC(CN)CN1C(=O)C1CCN(C(=O)N(C)Cc2ccccc2)CC1.Cl. The van der Waals surface area contributed by atoms with Gasteiger partial charge >= 0.3 is 6.03 Å². The Morgan fingerprint density at radius 2 is 1.82 bits per heavy atom. The highest BCUT2D eigenvalue weighted by Crippen LogP contribution is 2.28. The Labute approximate surface area is 174 Å². The van der Waals surface area contributed by atoms with Crippen molar-refractivity contribution in [2.75, 3.05) is 33.2 Å². The summed E-state index contributed by atoms with van der Waals surface area (Å²) >= 11 is 0. The van der Waals surface area contributed by atoms with Gasteiger partial charge < -0.3 is 20.4 Å². The molecule has 2 fully saturated rings. The van der Waals surface area contributed by atoms with Crippen molar-refractivity contribution < 1.29 is 9.59 Å². The van der Waals surface area contributed by atoms with Crippen LogP contribution in [0.2, 0.25) is 0 Å². The summed E-state index contributed by atoms with van der Waals surface area (Å²) in [5, 5.41) is 0. The Hall–Kier alpha value is -1.79. The fourth-order valence-electron chi connectivity index (χ4n) is 4.34. The molecule has 28 heavy (non-hydrogen) atoms. The second kappa shape index (κ2) is 10.1. The molecule has 3 amide bonds. The van der Waals surface area contributed by atoms with Crippen molar-refractivity contribution in [3.63, 3.8) is 0 Å². The molecule has 2 heterocycles. The number of carbonyl (C=O) groups excluding carboxylic acids is 2. The summed E-state index contributed by atoms with van der Waals surface area (Å²) < 4.78 is 0. The van der Waals surface area contributed by atoms with Crippen LogP contribution in [-0.4, -0.2) is 65.9 Å². The van der Waals surface area contributed by atoms with Crippen LogP contribution in [0.5, 0.6) is 0 Å². The van der Waals surface area contributed by atoms with Gasteiger partial charge in [-0.1, -0.05) is 30.3 Å². The quantitative estimate of drug-likeness (QED) is 0.832. The molecule has 1 aromatic carbocycles. The zero-order valence-electron chi connectivity index (χ0n) is 16.9. The second-order valence-corrected chi connectivity index (χ2v) is 8.06. The van der Waals surface area contributed by atoms with Gasteiger partial charge in [-0.25, -0.2) is 4.79 Å². The van der Waals surface area contributed by atoms with E-state index in [0.29, 0.717) is 32.1 Å². The minimum atomic E-state index is 0. The minimum absolute atomic E-state index is 0. The predicted octanol–water partition coefficient (Wildman–Crippen LogP) is 2.57. The third-order valence-corrected chi connectivity index (χ3v) is 5.98. The van der Waals surface area contributed by atoms with E-state index in [4.69, 9.17) is 5.73 Å². The zero-order valence-corrected chi connectivity index (χ0v) is 17.7. The van der Waals surface area contributed by atoms with Gasteiger partial charge in [0.15, 0.2) is 0 Å². The van der Waals surface area contributed by atoms with Gasteiger partial charge in [-0.3, -0.25) is 4.79 Å². The molecule has 0 spiro atoms. The average Bonchev–Trinajstić information content (AvgIpc) is 3.08. The molecular weight excluding hydrogens is 376 g/mol. The first-order valence-electron chi connectivity index (χ1n) is 10.0. The van der Waals surface area contributed by atoms with Crippen molar-refractivity contribution in [2.45, 2.75) is 38.8 Å². The Kier molecular flexibility index (Phi) is 8.13. The summed E-state index contributed by atoms with van der Waals surface area (Å²) in [5.41, 5.74) is 6.91. The van der Waals surface area contributed by atoms with Crippen LogP contribution >= 0.6 is 12.4 Å². The van der Waals surface area contributed by atoms with Gasteiger partial charge in [0.05, 0.1) is 0 Å². The highest BCUT2D eigenvalue weighted by atomic mass is 35.5. The van der Waals surface area contributed by atoms with E-state index in [1.807, 2.05) is 47.2 Å². The van der Waals surface area contributed by atoms with Crippen LogP contribution in [0.4, 0.5) is 4.79 Å². The number of nitrogens with two attached hydrogens (primary N) is 1. The van der Waals surface area contributed by atoms with E-state index in [9.17, 15) is 9.59 Å². The molecule has 2 N–H and O–H groups in total. The molecule has 7 heteroatoms. The Morgan fingerprint density at radius 3 is 2.39 bits per heavy atom. The van der Waals surface area contributed by atoms with E-state index < -0.39 is 0 Å². The van der Waals surface area contributed by atoms with Crippen molar-refractivity contribution in [1.82, 2.24) is 14.7 Å². The summed E-state index contributed by atoms with van der Waals surface area (Å²) in [6, 6.07) is 10.3. The molecule has 3 rings (SSSR count). The fraction of sp³-hybridized carbons (Fsp3) is 0.619. The Balaban J connectivity index is 0.00000280. The number of nitrogens with zero attached hydrogens (tertiary/aromatic N) is 3. The van der Waals surface area contributed by atoms with Gasteiger partial charge in [-0.2, -0.15) is 0 Å². The fourth-order valence-corrected chi connectivity index (χ4v) is 4.34. The number of halogens is 1. The van der Waals surface area contributed by atoms with Gasteiger partial charge in [0.2, 0.25) is 5.91 Å². The first-order valence-corrected chi connectivity index (χ1v) is 10.0. The molecule has 1 aromatic rings. The normalized spacial score (nSPS) is 22.7. The Morgan fingerprint density at radius 1 is 1.18 bits per heavy atom. The molecule has 0 bridgehead atoms. The summed E-state index contributed by atoms with van der Waals surface area (Å²) in [5.74, 6) is 0.716. The van der Waals surface area contributed by atoms with Gasteiger partial charge in [-0.05, 0) is 44.2 Å². The lowest BCUT2D eigenvalue weighted by atomic mass is 9.95. The van der Waals surface area contributed by atoms with Gasteiger partial charge in [0.25, 0.3) is 0 Å². The number of piperidine rings is 1. The monoisotopic (exact) mass is 408 g/mol. The molecular formula is C21H33ClN4O2. The molecule has 0 saturated carbocycles. The molecule has 2 unspecified atom stereocenters. The van der Waals surface area contributed by atoms with E-state index in [1.165, 1.54) is 0 Å². The first kappa shape index (κ1) is 22.5. The topological polar surface area (TPSA) is 69.9 Å². The summed E-state index contributed by atoms with van der Waals surface area (Å²) in [6.07, 6.45) is 2.50. The highest BCUT2D eigenvalue weighted by Gasteiger charge is 2.37. The molecule has 0 radical (unpaired) electrons. The van der Waals surface area contributed by atoms with Crippen LogP contribution in [0.25, 0.3) is 0 Å². The van der Waals surface area contributed by atoms with Gasteiger partial charge in [0, 0.05) is 45.2 Å². The maximum Gasteiger partial charge on any atom is 0.320 e. The average molecular weight is 409 g/mol. The number of hydrogen-bond acceptors (Lipinski definition) is 3. The lowest BCUT2D eigenvalue weighted by Crippen LogP contribution is -2.48. The standard InChI is InChI=1S/C21H32N4O2.ClH/c1-16-12-18(13-22)15-25(16)20(26)19-8-10-24(11-9-19)21(27)23(2)14-17-6-4-3-5-7-17;/h3-7,16,18-19H,8-15,22H2,1-2H3;1H. The zero-order chi connectivity index (χ0) is 19.4. The van der Waals surface area contributed by atoms with Crippen LogP contribution in [0, 0.1) is 11.8 Å². The third-order valence-electron chi connectivity index (χ3n) is 5.98. The van der Waals surface area contributed by atoms with Crippen LogP contribution in [0.1, 0.15) is 31.7 Å². The van der Waals surface area contributed by atoms with Crippen molar-refractivity contribution in [3.05, 3.63) is 35.9 Å². The predicted molar refractivity (Wildman–Crippen MR) is 113 cm³/mol. The van der Waals surface area contributed by atoms with Crippen molar-refractivity contribution in [3.8, 4) is 0 Å². The molecule has 0 aromatic heterocycles. The van der Waals surface area contributed by atoms with Gasteiger partial charge in [-0.15, -0.1) is 12.4 Å². The first-order chi connectivity index (χ1) is 13.0. The molecule has 2 aliphatic heterocycles. The largest absolute Gasteiger partial charge is 0.339 e. The van der Waals surface area contributed by atoms with Crippen LogP contribution in [-0.2, 0) is 11.3 Å². The number of likely N-dealkylation sites (tertiary alicyclic amines) is 2.